The highest BCUT2D eigenvalue weighted by atomic mass is 32.2. The highest BCUT2D eigenvalue weighted by Crippen LogP contribution is 2.13. The third-order valence-corrected chi connectivity index (χ3v) is 4.83. The number of rotatable bonds is 17. The van der Waals surface area contributed by atoms with E-state index in [0.717, 1.165) is 19.3 Å². The standard InChI is InChI=1S/C20H38O4S/c1-3-4-5-6-7-8-9-10-11-12-13-14-15-16-19(21)23-24-20(22)17-18-25-2/h3-18H2,1-2H3. The summed E-state index contributed by atoms with van der Waals surface area (Å²) in [7, 11) is 0. The zero-order valence-corrected chi connectivity index (χ0v) is 17.2. The van der Waals surface area contributed by atoms with Gasteiger partial charge in [-0.1, -0.05) is 84.0 Å². The molecule has 0 aromatic carbocycles. The van der Waals surface area contributed by atoms with Crippen LogP contribution in [0.15, 0.2) is 0 Å². The van der Waals surface area contributed by atoms with Gasteiger partial charge in [-0.2, -0.15) is 11.8 Å². The van der Waals surface area contributed by atoms with Gasteiger partial charge in [-0.3, -0.25) is 0 Å². The minimum atomic E-state index is -0.479. The maximum Gasteiger partial charge on any atom is 0.356 e. The molecule has 0 aromatic rings. The Bertz CT molecular complexity index is 321. The number of hydrogen-bond donors (Lipinski definition) is 0. The summed E-state index contributed by atoms with van der Waals surface area (Å²) in [6.45, 7) is 2.26. The van der Waals surface area contributed by atoms with E-state index in [1.807, 2.05) is 6.26 Å². The van der Waals surface area contributed by atoms with Gasteiger partial charge >= 0.3 is 11.9 Å². The predicted molar refractivity (Wildman–Crippen MR) is 105 cm³/mol. The van der Waals surface area contributed by atoms with Crippen LogP contribution in [0.2, 0.25) is 0 Å². The molecule has 0 aromatic heterocycles. The average molecular weight is 375 g/mol. The van der Waals surface area contributed by atoms with Crippen LogP contribution in [-0.2, 0) is 19.4 Å². The van der Waals surface area contributed by atoms with E-state index in [0.29, 0.717) is 12.2 Å². The molecule has 0 fully saturated rings. The van der Waals surface area contributed by atoms with Gasteiger partial charge in [0.05, 0.1) is 12.8 Å². The Morgan fingerprint density at radius 2 is 1.04 bits per heavy atom. The monoisotopic (exact) mass is 374 g/mol. The molecule has 0 rings (SSSR count). The van der Waals surface area contributed by atoms with Crippen LogP contribution < -0.4 is 0 Å². The summed E-state index contributed by atoms with van der Waals surface area (Å²) in [4.78, 5) is 31.6. The molecular weight excluding hydrogens is 336 g/mol. The highest BCUT2D eigenvalue weighted by molar-refractivity contribution is 7.98. The molecule has 4 nitrogen and oxygen atoms in total. The fraction of sp³-hybridized carbons (Fsp3) is 0.900. The molecular formula is C20H38O4S. The molecule has 0 radical (unpaired) electrons. The molecule has 0 unspecified atom stereocenters. The van der Waals surface area contributed by atoms with Gasteiger partial charge in [-0.05, 0) is 12.7 Å². The van der Waals surface area contributed by atoms with Crippen LogP contribution in [0.4, 0.5) is 0 Å². The third kappa shape index (κ3) is 19.5. The molecule has 5 heteroatoms. The van der Waals surface area contributed by atoms with Crippen molar-refractivity contribution in [3.8, 4) is 0 Å². The van der Waals surface area contributed by atoms with E-state index in [1.54, 1.807) is 11.8 Å². The van der Waals surface area contributed by atoms with Crippen LogP contribution in [0, 0.1) is 0 Å². The number of unbranched alkanes of at least 4 members (excludes halogenated alkanes) is 12. The van der Waals surface area contributed by atoms with E-state index in [4.69, 9.17) is 0 Å². The first-order valence-corrected chi connectivity index (χ1v) is 11.5. The molecule has 25 heavy (non-hydrogen) atoms. The van der Waals surface area contributed by atoms with Gasteiger partial charge in [0.2, 0.25) is 0 Å². The number of hydrogen-bond acceptors (Lipinski definition) is 5. The van der Waals surface area contributed by atoms with E-state index >= 15 is 0 Å². The predicted octanol–water partition coefficient (Wildman–Crippen LogP) is 6.22. The molecule has 0 spiro atoms. The largest absolute Gasteiger partial charge is 0.356 e. The second-order valence-electron chi connectivity index (χ2n) is 6.65. The summed E-state index contributed by atoms with van der Waals surface area (Å²) in [5, 5.41) is 0. The normalized spacial score (nSPS) is 10.6. The van der Waals surface area contributed by atoms with E-state index in [1.165, 1.54) is 64.2 Å². The van der Waals surface area contributed by atoms with Gasteiger partial charge in [0.15, 0.2) is 0 Å². The van der Waals surface area contributed by atoms with Crippen molar-refractivity contribution in [2.75, 3.05) is 12.0 Å². The van der Waals surface area contributed by atoms with E-state index < -0.39 is 11.9 Å². The molecule has 0 amide bonds. The van der Waals surface area contributed by atoms with Crippen LogP contribution in [0.25, 0.3) is 0 Å². The van der Waals surface area contributed by atoms with Gasteiger partial charge in [0.25, 0.3) is 0 Å². The number of carbonyl (C=O) groups is 2. The third-order valence-electron chi connectivity index (χ3n) is 4.22. The maximum atomic E-state index is 11.4. The first-order valence-electron chi connectivity index (χ1n) is 10.1. The van der Waals surface area contributed by atoms with Crippen molar-refractivity contribution in [1.82, 2.24) is 0 Å². The lowest BCUT2D eigenvalue weighted by molar-refractivity contribution is -0.258. The second kappa shape index (κ2) is 19.6. The summed E-state index contributed by atoms with van der Waals surface area (Å²) >= 11 is 1.55. The zero-order valence-electron chi connectivity index (χ0n) is 16.4. The molecule has 0 aliphatic heterocycles. The Hall–Kier alpha value is -0.710. The molecule has 0 aliphatic carbocycles. The Morgan fingerprint density at radius 3 is 1.48 bits per heavy atom. The first kappa shape index (κ1) is 24.3. The Kier molecular flexibility index (Phi) is 19.1. The van der Waals surface area contributed by atoms with Gasteiger partial charge in [0, 0.05) is 5.75 Å². The molecule has 0 aliphatic rings. The van der Waals surface area contributed by atoms with Gasteiger partial charge < -0.3 is 0 Å². The summed E-state index contributed by atoms with van der Waals surface area (Å²) < 4.78 is 0. The second-order valence-corrected chi connectivity index (χ2v) is 7.63. The molecule has 0 bridgehead atoms. The molecule has 0 saturated heterocycles. The number of carbonyl (C=O) groups excluding carboxylic acids is 2. The molecule has 0 atom stereocenters. The SMILES string of the molecule is CCCCCCCCCCCCCCCC(=O)OOC(=O)CCSC. The Labute approximate surface area is 158 Å². The van der Waals surface area contributed by atoms with Crippen LogP contribution in [0.1, 0.15) is 103 Å². The summed E-state index contributed by atoms with van der Waals surface area (Å²) in [5.41, 5.74) is 0. The lowest BCUT2D eigenvalue weighted by Crippen LogP contribution is -2.11. The Balaban J connectivity index is 3.22. The molecule has 0 heterocycles. The van der Waals surface area contributed by atoms with Crippen LogP contribution in [0.3, 0.4) is 0 Å². The fourth-order valence-electron chi connectivity index (χ4n) is 2.65. The van der Waals surface area contributed by atoms with Crippen molar-refractivity contribution in [1.29, 1.82) is 0 Å². The van der Waals surface area contributed by atoms with Gasteiger partial charge in [-0.25, -0.2) is 19.4 Å². The van der Waals surface area contributed by atoms with Crippen molar-refractivity contribution < 1.29 is 19.4 Å². The Morgan fingerprint density at radius 1 is 0.640 bits per heavy atom. The quantitative estimate of drug-likeness (QED) is 0.172. The van der Waals surface area contributed by atoms with Gasteiger partial charge in [0.1, 0.15) is 0 Å². The summed E-state index contributed by atoms with van der Waals surface area (Å²) in [6.07, 6.45) is 19.0. The summed E-state index contributed by atoms with van der Waals surface area (Å²) in [5.74, 6) is -0.247. The lowest BCUT2D eigenvalue weighted by atomic mass is 10.0. The van der Waals surface area contributed by atoms with E-state index in [2.05, 4.69) is 16.7 Å². The van der Waals surface area contributed by atoms with E-state index in [9.17, 15) is 9.59 Å². The molecule has 0 saturated carbocycles. The van der Waals surface area contributed by atoms with Crippen molar-refractivity contribution in [3.05, 3.63) is 0 Å². The van der Waals surface area contributed by atoms with Crippen molar-refractivity contribution in [2.24, 2.45) is 0 Å². The summed E-state index contributed by atoms with van der Waals surface area (Å²) in [6, 6.07) is 0. The highest BCUT2D eigenvalue weighted by Gasteiger charge is 2.09. The lowest BCUT2D eigenvalue weighted by Gasteiger charge is -2.04. The maximum absolute atomic E-state index is 11.4. The van der Waals surface area contributed by atoms with Crippen molar-refractivity contribution in [3.63, 3.8) is 0 Å². The van der Waals surface area contributed by atoms with Crippen molar-refractivity contribution >= 4 is 23.7 Å². The topological polar surface area (TPSA) is 52.6 Å². The first-order chi connectivity index (χ1) is 12.2. The minimum Gasteiger partial charge on any atom is -0.247 e. The number of thioether (sulfide) groups is 1. The van der Waals surface area contributed by atoms with E-state index in [-0.39, 0.29) is 6.42 Å². The van der Waals surface area contributed by atoms with Crippen LogP contribution in [-0.4, -0.2) is 23.9 Å². The smallest absolute Gasteiger partial charge is 0.247 e. The van der Waals surface area contributed by atoms with Crippen LogP contribution in [0.5, 0.6) is 0 Å². The molecule has 148 valence electrons. The fourth-order valence-corrected chi connectivity index (χ4v) is 3.02. The molecule has 0 N–H and O–H groups in total. The van der Waals surface area contributed by atoms with Gasteiger partial charge in [-0.15, -0.1) is 0 Å². The van der Waals surface area contributed by atoms with Crippen LogP contribution >= 0.6 is 11.8 Å². The van der Waals surface area contributed by atoms with Crippen molar-refractivity contribution in [2.45, 2.75) is 103 Å². The zero-order chi connectivity index (χ0) is 18.6. The minimum absolute atomic E-state index is 0.271. The average Bonchev–Trinajstić information content (AvgIpc) is 2.62.